The predicted octanol–water partition coefficient (Wildman–Crippen LogP) is -5.77. The number of nitrogen functional groups attached to an aromatic ring is 1. The van der Waals surface area contributed by atoms with Crippen LogP contribution in [0.25, 0.3) is 6.08 Å². The molecule has 0 radical (unpaired) electrons. The van der Waals surface area contributed by atoms with E-state index in [9.17, 15) is 58.1 Å². The molecule has 0 aromatic heterocycles. The van der Waals surface area contributed by atoms with Crippen molar-refractivity contribution < 1.29 is 147 Å². The number of hydrogen-bond acceptors (Lipinski definition) is 20. The molecule has 4 aromatic rings. The van der Waals surface area contributed by atoms with Gasteiger partial charge in [0.15, 0.2) is 5.78 Å². The summed E-state index contributed by atoms with van der Waals surface area (Å²) in [6.07, 6.45) is 4.51. The third-order valence-electron chi connectivity index (χ3n) is 8.40. The molecule has 0 heterocycles. The fraction of sp³-hybridized carbons (Fsp3) is 0.0270. The van der Waals surface area contributed by atoms with E-state index in [1.807, 2.05) is 0 Å². The second-order valence-electron chi connectivity index (χ2n) is 12.8. The average Bonchev–Trinajstić information content (AvgIpc) is 3.19. The van der Waals surface area contributed by atoms with E-state index in [1.54, 1.807) is 24.3 Å². The average molecular weight is 970 g/mol. The number of carbonyl (C=O) groups is 4. The van der Waals surface area contributed by atoms with Crippen LogP contribution in [0.15, 0.2) is 138 Å². The minimum Gasteiger partial charge on any atom is -0.744 e. The van der Waals surface area contributed by atoms with Crippen LogP contribution in [0.4, 0.5) is 34.1 Å². The number of azo groups is 1. The number of carbonyl (C=O) groups excluding carboxylic acids is 4. The second kappa shape index (κ2) is 22.3. The first-order valence-electron chi connectivity index (χ1n) is 17.1. The summed E-state index contributed by atoms with van der Waals surface area (Å²) in [5, 5.41) is 20.8. The maximum absolute atomic E-state index is 13.7. The van der Waals surface area contributed by atoms with Gasteiger partial charge >= 0.3 is 88.7 Å². The summed E-state index contributed by atoms with van der Waals surface area (Å²) in [5.41, 5.74) is 8.92. The number of hydrazone groups is 2. The number of allylic oxidation sites excluding steroid dienone is 4. The normalized spacial score (nSPS) is 14.8. The summed E-state index contributed by atoms with van der Waals surface area (Å²) >= 11 is 0. The predicted molar refractivity (Wildman–Crippen MR) is 218 cm³/mol. The number of nitrogens with two attached hydrogens (primary N) is 1. The molecule has 0 fully saturated rings. The van der Waals surface area contributed by atoms with Crippen LogP contribution in [0, 0.1) is 0 Å². The number of benzene rings is 4. The monoisotopic (exact) mass is 969 g/mol. The van der Waals surface area contributed by atoms with Crippen LogP contribution < -0.4 is 116 Å². The molecular weight excluding hydrogens is 944 g/mol. The Bertz CT molecular complexity index is 3120. The maximum Gasteiger partial charge on any atom is 1.00 e. The van der Waals surface area contributed by atoms with Gasteiger partial charge in [0.2, 0.25) is 11.7 Å². The van der Waals surface area contributed by atoms with Crippen LogP contribution in [-0.2, 0) is 39.9 Å². The van der Waals surface area contributed by atoms with E-state index in [-0.39, 0.29) is 117 Å². The molecule has 0 unspecified atom stereocenters. The van der Waals surface area contributed by atoms with Crippen molar-refractivity contribution in [3.05, 3.63) is 124 Å². The van der Waals surface area contributed by atoms with E-state index in [4.69, 9.17) is 5.73 Å². The number of anilines is 4. The Morgan fingerprint density at radius 3 is 1.78 bits per heavy atom. The molecule has 65 heavy (non-hydrogen) atoms. The number of nitrogens with zero attached hydrogens (tertiary/aromatic N) is 4. The summed E-state index contributed by atoms with van der Waals surface area (Å²) in [6.45, 7) is 1.29. The smallest absolute Gasteiger partial charge is 0.744 e. The third kappa shape index (κ3) is 13.8. The molecule has 0 atom stereocenters. The molecule has 6 rings (SSSR count). The van der Waals surface area contributed by atoms with Crippen LogP contribution in [0.3, 0.4) is 0 Å². The van der Waals surface area contributed by atoms with Crippen molar-refractivity contribution >= 4 is 105 Å². The molecule has 0 aliphatic heterocycles. The quantitative estimate of drug-likeness (QED) is 0.0221. The van der Waals surface area contributed by atoms with Crippen LogP contribution >= 0.6 is 0 Å². The van der Waals surface area contributed by atoms with Gasteiger partial charge in [0.05, 0.1) is 48.7 Å². The van der Waals surface area contributed by atoms with Crippen LogP contribution in [0.2, 0.25) is 0 Å². The molecule has 4 aromatic carbocycles. The zero-order chi connectivity index (χ0) is 45.1. The number of amides is 2. The second-order valence-corrected chi connectivity index (χ2v) is 16.8. The number of Topliss-reactive ketones (excluding diaryl/α,β-unsaturated/α-hetero) is 1. The van der Waals surface area contributed by atoms with E-state index < -0.39 is 90.9 Å². The Labute approximate surface area is 436 Å². The van der Waals surface area contributed by atoms with Crippen molar-refractivity contribution in [3.8, 4) is 0 Å². The summed E-state index contributed by atoms with van der Waals surface area (Å²) in [7, 11) is -15.8. The third-order valence-corrected chi connectivity index (χ3v) is 10.9. The van der Waals surface area contributed by atoms with Gasteiger partial charge in [0, 0.05) is 24.3 Å². The van der Waals surface area contributed by atoms with Crippen molar-refractivity contribution in [1.29, 1.82) is 0 Å². The molecule has 0 saturated heterocycles. The fourth-order valence-corrected chi connectivity index (χ4v) is 7.32. The molecule has 0 saturated carbocycles. The van der Waals surface area contributed by atoms with Crippen molar-refractivity contribution in [2.45, 2.75) is 16.7 Å². The Kier molecular flexibility index (Phi) is 18.8. The van der Waals surface area contributed by atoms with Gasteiger partial charge in [-0.1, -0.05) is 0 Å². The molecule has 2 aliphatic carbocycles. The molecule has 28 heteroatoms. The topological polar surface area (TPSA) is 363 Å². The summed E-state index contributed by atoms with van der Waals surface area (Å²) in [4.78, 5) is 46.9. The van der Waals surface area contributed by atoms with E-state index in [0.717, 1.165) is 24.3 Å². The zero-order valence-corrected chi connectivity index (χ0v) is 42.7. The van der Waals surface area contributed by atoms with Gasteiger partial charge in [-0.15, -0.1) is 5.11 Å². The molecule has 0 bridgehead atoms. The minimum atomic E-state index is -5.51. The summed E-state index contributed by atoms with van der Waals surface area (Å²) < 4.78 is 107. The van der Waals surface area contributed by atoms with Gasteiger partial charge in [-0.3, -0.25) is 30.0 Å². The van der Waals surface area contributed by atoms with Crippen LogP contribution in [-0.4, -0.2) is 73.7 Å². The SMILES string of the molecule is CC(=O)NC1=CC(=O)C=CC1=NNc1ccc(NC(=O)c2ccc(N=Nc3c(S(=O)(=O)[O-])cc4c(c3N)C(=O)C(=NNc3ccc(S(=O)(=O)[O-])cc3)C(S(=O)(=O)[O-])=C4)cc2)cc1.[Na+].[Na+].[Na+]. The molecule has 2 amide bonds. The van der Waals surface area contributed by atoms with E-state index >= 15 is 0 Å². The molecule has 2 aliphatic rings. The number of nitrogens with one attached hydrogen (secondary N) is 4. The Balaban J connectivity index is 0.00000374. The van der Waals surface area contributed by atoms with Gasteiger partial charge in [0.25, 0.3) is 5.91 Å². The molecule has 318 valence electrons. The first kappa shape index (κ1) is 54.8. The molecule has 0 spiro atoms. The maximum atomic E-state index is 13.7. The minimum absolute atomic E-state index is 0. The number of hydrogen-bond donors (Lipinski definition) is 5. The summed E-state index contributed by atoms with van der Waals surface area (Å²) in [6, 6.07) is 16.1. The van der Waals surface area contributed by atoms with Gasteiger partial charge in [0.1, 0.15) is 47.5 Å². The van der Waals surface area contributed by atoms with Gasteiger partial charge in [-0.25, -0.2) is 25.3 Å². The van der Waals surface area contributed by atoms with Crippen LogP contribution in [0.1, 0.15) is 33.2 Å². The van der Waals surface area contributed by atoms with Crippen LogP contribution in [0.5, 0.6) is 0 Å². The number of rotatable bonds is 12. The summed E-state index contributed by atoms with van der Waals surface area (Å²) in [5.74, 6) is -2.59. The van der Waals surface area contributed by atoms with Crippen molar-refractivity contribution in [2.75, 3.05) is 21.9 Å². The van der Waals surface area contributed by atoms with Crippen molar-refractivity contribution in [1.82, 2.24) is 5.32 Å². The van der Waals surface area contributed by atoms with Crippen molar-refractivity contribution in [2.24, 2.45) is 20.4 Å². The van der Waals surface area contributed by atoms with E-state index in [2.05, 4.69) is 41.9 Å². The van der Waals surface area contributed by atoms with E-state index in [1.165, 1.54) is 49.4 Å². The largest absolute Gasteiger partial charge is 1.00 e. The van der Waals surface area contributed by atoms with Gasteiger partial charge in [-0.05, 0) is 103 Å². The van der Waals surface area contributed by atoms with Gasteiger partial charge in [-0.2, -0.15) is 15.3 Å². The zero-order valence-electron chi connectivity index (χ0n) is 34.2. The molecule has 22 nitrogen and oxygen atoms in total. The fourth-order valence-electron chi connectivity index (χ4n) is 5.55. The first-order chi connectivity index (χ1) is 29.1. The Hall–Kier alpha value is -4.55. The Morgan fingerprint density at radius 1 is 0.662 bits per heavy atom. The van der Waals surface area contributed by atoms with Gasteiger partial charge < -0.3 is 30.0 Å². The standard InChI is InChI=1S/C37H29N9O13S3.3Na/c1-19(47)39-29-18-26(48)12-15-28(29)44-41-24-8-6-22(7-9-24)40-37(50)20-2-4-23(5-3-20)42-45-34-30(61(54,55)56)16-21-17-31(62(57,58)59)35(36(49)32(21)33(34)38)46-43-25-10-13-27(14-11-25)60(51,52)53;;;/h2-18,41,43H,38H2,1H3,(H,39,47)(H,40,50)(H,51,52,53)(H,54,55,56)(H,57,58,59);;;/q;3*+1/p-3. The molecular formula is C37H26N9Na3O13S3. The van der Waals surface area contributed by atoms with Crippen molar-refractivity contribution in [3.63, 3.8) is 0 Å². The number of fused-ring (bicyclic) bond motifs is 1. The van der Waals surface area contributed by atoms with E-state index in [0.29, 0.717) is 29.2 Å². The first-order valence-corrected chi connectivity index (χ1v) is 21.3. The number of ketones is 2. The Morgan fingerprint density at radius 2 is 1.23 bits per heavy atom. The molecule has 6 N–H and O–H groups in total.